The smallest absolute Gasteiger partial charge is 0.327 e. The molecule has 0 amide bonds. The molecule has 2 nitrogen and oxygen atoms in total. The van der Waals surface area contributed by atoms with Crippen LogP contribution in [0.5, 0.6) is 0 Å². The molecule has 0 aromatic rings. The molecule has 0 saturated carbocycles. The fraction of sp³-hybridized carbons (Fsp3) is 0. The molecular formula is HClNiO2. The van der Waals surface area contributed by atoms with Crippen LogP contribution in [0.25, 0.3) is 0 Å². The van der Waals surface area contributed by atoms with Gasteiger partial charge in [-0.2, -0.15) is 0 Å². The summed E-state index contributed by atoms with van der Waals surface area (Å²) in [5.74, 6) is 0. The Labute approximate surface area is 37.8 Å². The number of rotatable bonds is 0. The third-order valence-electron chi connectivity index (χ3n) is 0. The van der Waals surface area contributed by atoms with E-state index in [0.29, 0.717) is 0 Å². The Morgan fingerprint density at radius 3 is 1.75 bits per heavy atom. The molecule has 0 rings (SSSR count). The summed E-state index contributed by atoms with van der Waals surface area (Å²) in [5, 5.41) is 0. The summed E-state index contributed by atoms with van der Waals surface area (Å²) in [5.41, 5.74) is 0. The Kier molecular flexibility index (Phi) is 20.6. The Morgan fingerprint density at radius 1 is 1.75 bits per heavy atom. The molecule has 0 radical (unpaired) electrons. The first-order valence-electron chi connectivity index (χ1n) is 0.323. The van der Waals surface area contributed by atoms with Crippen LogP contribution in [-0.2, 0) is 16.5 Å². The molecule has 1 N–H and O–H groups in total. The average Bonchev–Trinajstić information content (AvgIpc) is 0.918. The third kappa shape index (κ3) is 15.9. The normalized spacial score (nSPS) is 4.50. The summed E-state index contributed by atoms with van der Waals surface area (Å²) in [6.45, 7) is 0. The second kappa shape index (κ2) is 9.33. The molecule has 4 heteroatoms. The molecule has 4 heavy (non-hydrogen) atoms. The van der Waals surface area contributed by atoms with Crippen molar-refractivity contribution in [1.82, 2.24) is 0 Å². The number of hydrogen-bond acceptors (Lipinski definition) is 2. The van der Waals surface area contributed by atoms with Crippen molar-refractivity contribution in [3.05, 3.63) is 0 Å². The monoisotopic (exact) mass is 126 g/mol. The van der Waals surface area contributed by atoms with Gasteiger partial charge in [-0.25, -0.2) is 0 Å². The van der Waals surface area contributed by atoms with E-state index in [2.05, 4.69) is 0 Å². The van der Waals surface area contributed by atoms with E-state index in [1.165, 1.54) is 0 Å². The van der Waals surface area contributed by atoms with Gasteiger partial charge in [-0.3, -0.25) is 0 Å². The number of hydrogen-bond donors (Lipinski definition) is 1. The summed E-state index contributed by atoms with van der Waals surface area (Å²) in [6, 6.07) is 0. The van der Waals surface area contributed by atoms with Gasteiger partial charge in [0.1, 0.15) is 0 Å². The quantitative estimate of drug-likeness (QED) is 0.392. The fourth-order valence-corrected chi connectivity index (χ4v) is 0. The second-order valence-electron chi connectivity index (χ2n) is 0.0690. The second-order valence-corrected chi connectivity index (χ2v) is 0.207. The molecule has 0 aromatic heterocycles. The molecule has 0 unspecified atom stereocenters. The minimum absolute atomic E-state index is 0. The van der Waals surface area contributed by atoms with Gasteiger partial charge in [0.05, 0.1) is 0 Å². The predicted molar refractivity (Wildman–Crippen MR) is 2.22 cm³/mol. The Balaban J connectivity index is 0. The van der Waals surface area contributed by atoms with E-state index in [1.54, 1.807) is 0 Å². The molecule has 0 aliphatic heterocycles. The van der Waals surface area contributed by atoms with Crippen molar-refractivity contribution in [2.45, 2.75) is 0 Å². The molecule has 0 saturated heterocycles. The van der Waals surface area contributed by atoms with Crippen molar-refractivity contribution in [3.8, 4) is 0 Å². The first-order valence-corrected chi connectivity index (χ1v) is 0.970. The first kappa shape index (κ1) is 8.83. The molecule has 0 spiro atoms. The average molecular weight is 127 g/mol. The topological polar surface area (TPSA) is 43.3 Å². The largest absolute Gasteiger partial charge is 0.506 e. The van der Waals surface area contributed by atoms with Crippen molar-refractivity contribution in [1.29, 1.82) is 0 Å². The molecule has 30 valence electrons. The zero-order valence-electron chi connectivity index (χ0n) is 1.55. The summed E-state index contributed by atoms with van der Waals surface area (Å²) in [7, 11) is 0. The van der Waals surface area contributed by atoms with E-state index in [-0.39, 0.29) is 27.8 Å². The van der Waals surface area contributed by atoms with Gasteiger partial charge in [0.25, 0.3) is 0 Å². The van der Waals surface area contributed by atoms with Crippen molar-refractivity contribution >= 4 is 0 Å². The zero-order valence-corrected chi connectivity index (χ0v) is 3.29. The van der Waals surface area contributed by atoms with Gasteiger partial charge < -0.3 is 4.66 Å². The molecule has 0 atom stereocenters. The van der Waals surface area contributed by atoms with E-state index in [1.807, 2.05) is 0 Å². The van der Waals surface area contributed by atoms with Crippen LogP contribution >= 0.6 is 0 Å². The summed E-state index contributed by atoms with van der Waals surface area (Å²) in [4.78, 5) is 0. The minimum atomic E-state index is -0.167. The van der Waals surface area contributed by atoms with Crippen LogP contribution in [0.1, 0.15) is 0 Å². The Hall–Kier alpha value is 0.704. The van der Waals surface area contributed by atoms with Crippen LogP contribution in [0, 0.1) is 11.3 Å². The maximum absolute atomic E-state index is 8.35. The minimum Gasteiger partial charge on any atom is -0.506 e. The number of halogens is 1. The van der Waals surface area contributed by atoms with Gasteiger partial charge in [-0.1, -0.05) is 0 Å². The summed E-state index contributed by atoms with van der Waals surface area (Å²) < 4.78 is 15.2. The van der Waals surface area contributed by atoms with Gasteiger partial charge in [0.2, 0.25) is 0 Å². The van der Waals surface area contributed by atoms with E-state index in [0.717, 1.165) is 0 Å². The van der Waals surface area contributed by atoms with Gasteiger partial charge in [0.15, 0.2) is 0 Å². The Morgan fingerprint density at radius 2 is 1.75 bits per heavy atom. The van der Waals surface area contributed by atoms with E-state index >= 15 is 0 Å². The fourth-order valence-electron chi connectivity index (χ4n) is 0. The van der Waals surface area contributed by atoms with E-state index in [4.69, 9.17) is 9.32 Å². The molecule has 0 fully saturated rings. The standard InChI is InChI=1S/ClHO2.Ni/c2-1-3;/h2H;. The van der Waals surface area contributed by atoms with Crippen molar-refractivity contribution in [2.24, 2.45) is 0 Å². The first-order chi connectivity index (χ1) is 1.41. The van der Waals surface area contributed by atoms with E-state index in [9.17, 15) is 0 Å². The van der Waals surface area contributed by atoms with E-state index < -0.39 is 0 Å². The van der Waals surface area contributed by atoms with Gasteiger partial charge >= 0.3 is 11.3 Å². The van der Waals surface area contributed by atoms with Gasteiger partial charge in [0, 0.05) is 16.5 Å². The summed E-state index contributed by atoms with van der Waals surface area (Å²) in [6.07, 6.45) is 0. The van der Waals surface area contributed by atoms with Crippen LogP contribution in [0.4, 0.5) is 0 Å². The predicted octanol–water partition coefficient (Wildman–Crippen LogP) is -1.75. The van der Waals surface area contributed by atoms with Crippen molar-refractivity contribution in [3.63, 3.8) is 0 Å². The molecular weight excluding hydrogens is 126 g/mol. The van der Waals surface area contributed by atoms with Crippen LogP contribution in [0.3, 0.4) is 0 Å². The molecule has 0 aliphatic carbocycles. The molecule has 0 aliphatic rings. The molecule has 0 aromatic carbocycles. The maximum atomic E-state index is 8.35. The SMILES string of the molecule is [Ni].[O-][Cl+]O. The van der Waals surface area contributed by atoms with Gasteiger partial charge in [-0.05, 0) is 0 Å². The van der Waals surface area contributed by atoms with Crippen LogP contribution in [-0.4, -0.2) is 4.66 Å². The van der Waals surface area contributed by atoms with Crippen LogP contribution in [0.2, 0.25) is 0 Å². The van der Waals surface area contributed by atoms with Crippen molar-refractivity contribution in [2.75, 3.05) is 0 Å². The van der Waals surface area contributed by atoms with Crippen LogP contribution < -0.4 is 4.66 Å². The summed E-state index contributed by atoms with van der Waals surface area (Å²) >= 11 is -0.167. The zero-order chi connectivity index (χ0) is 2.71. The molecule has 0 heterocycles. The van der Waals surface area contributed by atoms with Crippen molar-refractivity contribution < 1.29 is 37.1 Å². The van der Waals surface area contributed by atoms with Gasteiger partial charge in [-0.15, -0.1) is 4.66 Å². The van der Waals surface area contributed by atoms with Crippen LogP contribution in [0.15, 0.2) is 0 Å². The maximum Gasteiger partial charge on any atom is 0.327 e. The third-order valence-corrected chi connectivity index (χ3v) is 0. The molecule has 0 bridgehead atoms. The Bertz CT molecular complexity index is 6.00.